The van der Waals surface area contributed by atoms with Gasteiger partial charge < -0.3 is 9.73 Å². The van der Waals surface area contributed by atoms with Gasteiger partial charge in [-0.05, 0) is 24.3 Å². The van der Waals surface area contributed by atoms with Crippen LogP contribution in [0.1, 0.15) is 5.82 Å². The fourth-order valence-corrected chi connectivity index (χ4v) is 3.18. The molecule has 3 rings (SSSR count). The van der Waals surface area contributed by atoms with Crippen LogP contribution in [-0.4, -0.2) is 41.3 Å². The highest BCUT2D eigenvalue weighted by atomic mass is 32.2. The Morgan fingerprint density at radius 1 is 1.35 bits per heavy atom. The monoisotopic (exact) mass is 377 g/mol. The zero-order valence-corrected chi connectivity index (χ0v) is 14.5. The third kappa shape index (κ3) is 3.88. The van der Waals surface area contributed by atoms with E-state index in [4.69, 9.17) is 4.42 Å². The maximum absolute atomic E-state index is 11.8. The number of nitro benzene ring substituents is 1. The van der Waals surface area contributed by atoms with Crippen molar-refractivity contribution in [2.75, 3.05) is 18.1 Å². The first kappa shape index (κ1) is 17.6. The van der Waals surface area contributed by atoms with Gasteiger partial charge in [-0.25, -0.2) is 13.4 Å². The number of nitrogens with one attached hydrogen (secondary N) is 2. The predicted molar refractivity (Wildman–Crippen MR) is 92.5 cm³/mol. The van der Waals surface area contributed by atoms with Gasteiger partial charge in [-0.15, -0.1) is 0 Å². The summed E-state index contributed by atoms with van der Waals surface area (Å²) in [6.07, 6.45) is 2.95. The molecule has 0 fully saturated rings. The number of nitrogens with zero attached hydrogens (tertiary/aromatic N) is 3. The Morgan fingerprint density at radius 2 is 2.15 bits per heavy atom. The minimum absolute atomic E-state index is 0.327. The first-order valence-corrected chi connectivity index (χ1v) is 9.41. The maximum atomic E-state index is 11.8. The van der Waals surface area contributed by atoms with Crippen LogP contribution in [-0.2, 0) is 16.3 Å². The summed E-state index contributed by atoms with van der Waals surface area (Å²) in [7, 11) is -3.72. The second kappa shape index (κ2) is 6.96. The molecule has 1 aromatic carbocycles. The van der Waals surface area contributed by atoms with Gasteiger partial charge in [0.05, 0.1) is 11.2 Å². The van der Waals surface area contributed by atoms with Gasteiger partial charge in [0.25, 0.3) is 5.69 Å². The first-order chi connectivity index (χ1) is 12.3. The summed E-state index contributed by atoms with van der Waals surface area (Å²) in [5.74, 6) is 1.61. The van der Waals surface area contributed by atoms with Crippen LogP contribution in [0.4, 0.5) is 11.4 Å². The minimum atomic E-state index is -3.72. The molecule has 10 nitrogen and oxygen atoms in total. The molecule has 2 N–H and O–H groups in total. The highest BCUT2D eigenvalue weighted by Crippen LogP contribution is 2.27. The van der Waals surface area contributed by atoms with Gasteiger partial charge in [0.2, 0.25) is 5.82 Å². The predicted octanol–water partition coefficient (Wildman–Crippen LogP) is 2.03. The summed E-state index contributed by atoms with van der Waals surface area (Å²) in [6.45, 7) is 0.424. The number of nitro groups is 1. The van der Waals surface area contributed by atoms with Gasteiger partial charge in [0.15, 0.2) is 15.6 Å². The molecule has 0 aliphatic carbocycles. The Morgan fingerprint density at radius 3 is 2.81 bits per heavy atom. The van der Waals surface area contributed by atoms with Gasteiger partial charge in [-0.3, -0.25) is 15.2 Å². The Kier molecular flexibility index (Phi) is 4.71. The second-order valence-electron chi connectivity index (χ2n) is 5.47. The Hall–Kier alpha value is -3.21. The van der Waals surface area contributed by atoms with Crippen LogP contribution in [0.5, 0.6) is 0 Å². The molecule has 2 aromatic heterocycles. The number of anilines is 1. The molecule has 11 heteroatoms. The summed E-state index contributed by atoms with van der Waals surface area (Å²) in [4.78, 5) is 14.2. The number of hydrogen-bond acceptors (Lipinski definition) is 8. The van der Waals surface area contributed by atoms with Crippen molar-refractivity contribution >= 4 is 21.2 Å². The van der Waals surface area contributed by atoms with Gasteiger partial charge in [-0.1, -0.05) is 0 Å². The average Bonchev–Trinajstić information content (AvgIpc) is 3.25. The van der Waals surface area contributed by atoms with Crippen molar-refractivity contribution in [1.29, 1.82) is 0 Å². The van der Waals surface area contributed by atoms with E-state index >= 15 is 0 Å². The molecule has 0 amide bonds. The molecule has 0 aliphatic heterocycles. The highest BCUT2D eigenvalue weighted by molar-refractivity contribution is 7.90. The van der Waals surface area contributed by atoms with Crippen molar-refractivity contribution in [2.45, 2.75) is 11.3 Å². The van der Waals surface area contributed by atoms with Crippen molar-refractivity contribution < 1.29 is 17.8 Å². The lowest BCUT2D eigenvalue weighted by Gasteiger charge is -2.07. The summed E-state index contributed by atoms with van der Waals surface area (Å²) in [5.41, 5.74) is 0.0122. The van der Waals surface area contributed by atoms with Gasteiger partial charge in [0.1, 0.15) is 10.7 Å². The number of aromatic amines is 1. The molecule has 0 saturated carbocycles. The van der Waals surface area contributed by atoms with Crippen molar-refractivity contribution in [3.05, 3.63) is 52.5 Å². The van der Waals surface area contributed by atoms with E-state index in [1.165, 1.54) is 24.5 Å². The van der Waals surface area contributed by atoms with E-state index in [1.807, 2.05) is 0 Å². The summed E-state index contributed by atoms with van der Waals surface area (Å²) >= 11 is 0. The van der Waals surface area contributed by atoms with Crippen LogP contribution in [0.2, 0.25) is 0 Å². The Bertz CT molecular complexity index is 1030. The Balaban J connectivity index is 1.68. The number of hydrogen-bond donors (Lipinski definition) is 2. The quantitative estimate of drug-likeness (QED) is 0.470. The smallest absolute Gasteiger partial charge is 0.288 e. The summed E-state index contributed by atoms with van der Waals surface area (Å²) in [5, 5.41) is 20.8. The van der Waals surface area contributed by atoms with Crippen molar-refractivity contribution in [1.82, 2.24) is 15.2 Å². The van der Waals surface area contributed by atoms with Crippen LogP contribution >= 0.6 is 0 Å². The zero-order chi connectivity index (χ0) is 18.7. The largest absolute Gasteiger partial charge is 0.461 e. The van der Waals surface area contributed by atoms with E-state index in [0.29, 0.717) is 36.1 Å². The van der Waals surface area contributed by atoms with E-state index in [-0.39, 0.29) is 4.90 Å². The molecule has 0 bridgehead atoms. The van der Waals surface area contributed by atoms with Gasteiger partial charge in [-0.2, -0.15) is 5.10 Å². The molecule has 0 radical (unpaired) electrons. The van der Waals surface area contributed by atoms with Gasteiger partial charge in [0, 0.05) is 31.0 Å². The SMILES string of the molecule is CS(=O)(=O)c1cc(NCCc2nc(-c3ccco3)n[nH]2)ccc1[N+](=O)[O-]. The van der Waals surface area contributed by atoms with E-state index in [9.17, 15) is 18.5 Å². The molecule has 0 atom stereocenters. The molecule has 2 heterocycles. The lowest BCUT2D eigenvalue weighted by molar-refractivity contribution is -0.387. The molecule has 0 spiro atoms. The van der Waals surface area contributed by atoms with Crippen molar-refractivity contribution in [3.63, 3.8) is 0 Å². The van der Waals surface area contributed by atoms with Crippen LogP contribution < -0.4 is 5.32 Å². The lowest BCUT2D eigenvalue weighted by Crippen LogP contribution is -2.08. The summed E-state index contributed by atoms with van der Waals surface area (Å²) in [6, 6.07) is 7.36. The first-order valence-electron chi connectivity index (χ1n) is 7.52. The molecule has 3 aromatic rings. The molecule has 0 saturated heterocycles. The molecule has 136 valence electrons. The fourth-order valence-electron chi connectivity index (χ4n) is 2.32. The van der Waals surface area contributed by atoms with Crippen LogP contribution in [0.25, 0.3) is 11.6 Å². The van der Waals surface area contributed by atoms with Crippen molar-refractivity contribution in [3.8, 4) is 11.6 Å². The van der Waals surface area contributed by atoms with Gasteiger partial charge >= 0.3 is 0 Å². The molecule has 0 unspecified atom stereocenters. The van der Waals surface area contributed by atoms with E-state index in [0.717, 1.165) is 6.26 Å². The normalized spacial score (nSPS) is 11.4. The van der Waals surface area contributed by atoms with E-state index in [2.05, 4.69) is 20.5 Å². The third-order valence-electron chi connectivity index (χ3n) is 3.52. The molecule has 26 heavy (non-hydrogen) atoms. The molecular weight excluding hydrogens is 362 g/mol. The fraction of sp³-hybridized carbons (Fsp3) is 0.200. The number of benzene rings is 1. The Labute approximate surface area is 148 Å². The second-order valence-corrected chi connectivity index (χ2v) is 7.46. The lowest BCUT2D eigenvalue weighted by atomic mass is 10.2. The van der Waals surface area contributed by atoms with Crippen molar-refractivity contribution in [2.24, 2.45) is 0 Å². The average molecular weight is 377 g/mol. The number of sulfone groups is 1. The minimum Gasteiger partial charge on any atom is -0.461 e. The standard InChI is InChI=1S/C15H15N5O5S/c1-26(23,24)13-9-10(4-5-11(13)20(21)22)16-7-6-14-17-15(19-18-14)12-3-2-8-25-12/h2-5,8-9,16H,6-7H2,1H3,(H,17,18,19). The number of furan rings is 1. The summed E-state index contributed by atoms with van der Waals surface area (Å²) < 4.78 is 28.7. The van der Waals surface area contributed by atoms with Crippen LogP contribution in [0.15, 0.2) is 45.9 Å². The zero-order valence-electron chi connectivity index (χ0n) is 13.7. The van der Waals surface area contributed by atoms with Crippen LogP contribution in [0, 0.1) is 10.1 Å². The third-order valence-corrected chi connectivity index (χ3v) is 4.65. The topological polar surface area (TPSA) is 144 Å². The van der Waals surface area contributed by atoms with Crippen LogP contribution in [0.3, 0.4) is 0 Å². The molecular formula is C15H15N5O5S. The number of rotatable bonds is 7. The number of aromatic nitrogens is 3. The molecule has 0 aliphatic rings. The van der Waals surface area contributed by atoms with E-state index < -0.39 is 20.4 Å². The maximum Gasteiger partial charge on any atom is 0.288 e. The number of H-pyrrole nitrogens is 1. The van der Waals surface area contributed by atoms with E-state index in [1.54, 1.807) is 12.1 Å². The highest BCUT2D eigenvalue weighted by Gasteiger charge is 2.22.